The number of fused-ring (bicyclic) bond motifs is 1. The fourth-order valence-electron chi connectivity index (χ4n) is 3.65. The molecule has 0 spiro atoms. The molecule has 8 nitrogen and oxygen atoms in total. The maximum absolute atomic E-state index is 12.5. The number of nitrogens with zero attached hydrogens (tertiary/aromatic N) is 2. The number of nitrogens with one attached hydrogen (secondary N) is 1. The van der Waals surface area contributed by atoms with Crippen molar-refractivity contribution in [3.8, 4) is 0 Å². The van der Waals surface area contributed by atoms with Gasteiger partial charge in [0.1, 0.15) is 5.60 Å². The summed E-state index contributed by atoms with van der Waals surface area (Å²) in [6, 6.07) is 5.11. The van der Waals surface area contributed by atoms with Crippen LogP contribution in [-0.4, -0.2) is 64.9 Å². The summed E-state index contributed by atoms with van der Waals surface area (Å²) in [5.74, 6) is -0.913. The van der Waals surface area contributed by atoms with Gasteiger partial charge in [-0.25, -0.2) is 4.79 Å². The Balaban J connectivity index is 1.45. The third-order valence-corrected chi connectivity index (χ3v) is 5.20. The number of rotatable bonds is 4. The van der Waals surface area contributed by atoms with Crippen LogP contribution < -0.4 is 5.32 Å². The molecule has 162 valence electrons. The van der Waals surface area contributed by atoms with E-state index in [1.54, 1.807) is 23.1 Å². The number of benzene rings is 1. The Morgan fingerprint density at radius 2 is 1.73 bits per heavy atom. The summed E-state index contributed by atoms with van der Waals surface area (Å²) in [5, 5.41) is 2.94. The quantitative estimate of drug-likeness (QED) is 0.763. The fourth-order valence-corrected chi connectivity index (χ4v) is 3.65. The smallest absolute Gasteiger partial charge is 0.410 e. The lowest BCUT2D eigenvalue weighted by Gasteiger charge is -2.33. The topological polar surface area (TPSA) is 96.0 Å². The molecule has 8 heteroatoms. The van der Waals surface area contributed by atoms with Crippen molar-refractivity contribution in [1.82, 2.24) is 15.1 Å². The van der Waals surface area contributed by atoms with Crippen LogP contribution in [-0.2, 0) is 9.53 Å². The molecule has 0 aromatic heterocycles. The number of ether oxygens (including phenoxy) is 1. The largest absolute Gasteiger partial charge is 0.444 e. The fraction of sp³-hybridized carbons (Fsp3) is 0.545. The second-order valence-electron chi connectivity index (χ2n) is 8.87. The molecule has 0 bridgehead atoms. The molecule has 1 aromatic rings. The van der Waals surface area contributed by atoms with Crippen LogP contribution in [0.2, 0.25) is 0 Å². The van der Waals surface area contributed by atoms with Crippen LogP contribution in [0.3, 0.4) is 0 Å². The maximum Gasteiger partial charge on any atom is 0.410 e. The monoisotopic (exact) mass is 415 g/mol. The summed E-state index contributed by atoms with van der Waals surface area (Å²) in [4.78, 5) is 52.2. The number of carbonyl (C=O) groups is 4. The van der Waals surface area contributed by atoms with E-state index in [0.717, 1.165) is 10.5 Å². The molecule has 0 aliphatic carbocycles. The highest BCUT2D eigenvalue weighted by Gasteiger charge is 2.35. The van der Waals surface area contributed by atoms with Crippen LogP contribution in [0.5, 0.6) is 0 Å². The minimum atomic E-state index is -0.537. The van der Waals surface area contributed by atoms with Crippen LogP contribution in [0.25, 0.3) is 0 Å². The molecule has 3 rings (SSSR count). The molecule has 0 saturated carbocycles. The number of carbonyl (C=O) groups excluding carboxylic acids is 4. The Hall–Kier alpha value is -2.90. The van der Waals surface area contributed by atoms with Crippen LogP contribution in [0.1, 0.15) is 66.3 Å². The Bertz CT molecular complexity index is 866. The van der Waals surface area contributed by atoms with Crippen molar-refractivity contribution in [2.24, 2.45) is 0 Å². The van der Waals surface area contributed by atoms with Gasteiger partial charge in [-0.1, -0.05) is 11.6 Å². The predicted molar refractivity (Wildman–Crippen MR) is 110 cm³/mol. The van der Waals surface area contributed by atoms with Crippen LogP contribution >= 0.6 is 0 Å². The first kappa shape index (κ1) is 21.8. The molecule has 0 radical (unpaired) electrons. The highest BCUT2D eigenvalue weighted by atomic mass is 16.6. The minimum absolute atomic E-state index is 0.0407. The lowest BCUT2D eigenvalue weighted by atomic mass is 10.1. The molecule has 2 aliphatic rings. The van der Waals surface area contributed by atoms with Crippen LogP contribution in [0, 0.1) is 6.92 Å². The Morgan fingerprint density at radius 1 is 1.10 bits per heavy atom. The molecular weight excluding hydrogens is 386 g/mol. The van der Waals surface area contributed by atoms with E-state index in [1.807, 2.05) is 27.7 Å². The lowest BCUT2D eigenvalue weighted by molar-refractivity contribution is -0.122. The molecule has 0 atom stereocenters. The van der Waals surface area contributed by atoms with Gasteiger partial charge in [-0.2, -0.15) is 0 Å². The standard InChI is InChI=1S/C22H29N3O5/c1-14-5-6-16-17(13-14)20(28)25(19(16)27)12-9-18(26)23-15-7-10-24(11-8-15)21(29)30-22(2,3)4/h5-6,13,15H,7-12H2,1-4H3,(H,23,26). The van der Waals surface area contributed by atoms with Crippen LogP contribution in [0.15, 0.2) is 18.2 Å². The number of likely N-dealkylation sites (tertiary alicyclic amines) is 1. The molecule has 4 amide bonds. The SMILES string of the molecule is Cc1ccc2c(c1)C(=O)N(CCC(=O)NC1CCN(C(=O)OC(C)(C)C)CC1)C2=O. The first-order valence-electron chi connectivity index (χ1n) is 10.3. The second kappa shape index (κ2) is 8.45. The van der Waals surface area contributed by atoms with Gasteiger partial charge < -0.3 is 15.0 Å². The van der Waals surface area contributed by atoms with E-state index in [9.17, 15) is 19.2 Å². The molecule has 1 saturated heterocycles. The van der Waals surface area contributed by atoms with E-state index in [1.165, 1.54) is 0 Å². The van der Waals surface area contributed by atoms with Crippen molar-refractivity contribution >= 4 is 23.8 Å². The zero-order chi connectivity index (χ0) is 22.1. The number of imide groups is 1. The summed E-state index contributed by atoms with van der Waals surface area (Å²) >= 11 is 0. The summed E-state index contributed by atoms with van der Waals surface area (Å²) in [7, 11) is 0. The zero-order valence-electron chi connectivity index (χ0n) is 18.0. The molecule has 0 unspecified atom stereocenters. The third kappa shape index (κ3) is 4.98. The van der Waals surface area contributed by atoms with Crippen molar-refractivity contribution in [1.29, 1.82) is 0 Å². The van der Waals surface area contributed by atoms with Gasteiger partial charge in [-0.3, -0.25) is 19.3 Å². The highest BCUT2D eigenvalue weighted by molar-refractivity contribution is 6.21. The summed E-state index contributed by atoms with van der Waals surface area (Å²) < 4.78 is 5.37. The Morgan fingerprint density at radius 3 is 2.37 bits per heavy atom. The molecule has 30 heavy (non-hydrogen) atoms. The summed E-state index contributed by atoms with van der Waals surface area (Å²) in [6.45, 7) is 8.42. The van der Waals surface area contributed by atoms with Gasteiger partial charge in [0, 0.05) is 32.1 Å². The molecular formula is C22H29N3O5. The Labute approximate surface area is 176 Å². The van der Waals surface area contributed by atoms with Crippen molar-refractivity contribution in [3.05, 3.63) is 34.9 Å². The van der Waals surface area contributed by atoms with Gasteiger partial charge in [-0.05, 0) is 52.7 Å². The predicted octanol–water partition coefficient (Wildman–Crippen LogP) is 2.50. The van der Waals surface area contributed by atoms with Crippen molar-refractivity contribution in [2.45, 2.75) is 58.6 Å². The number of hydrogen-bond acceptors (Lipinski definition) is 5. The van der Waals surface area contributed by atoms with Gasteiger partial charge in [0.25, 0.3) is 11.8 Å². The zero-order valence-corrected chi connectivity index (χ0v) is 18.0. The van der Waals surface area contributed by atoms with E-state index in [4.69, 9.17) is 4.74 Å². The normalized spacial score (nSPS) is 17.2. The van der Waals surface area contributed by atoms with E-state index in [0.29, 0.717) is 37.1 Å². The first-order valence-corrected chi connectivity index (χ1v) is 10.3. The van der Waals surface area contributed by atoms with Gasteiger partial charge in [0.15, 0.2) is 0 Å². The second-order valence-corrected chi connectivity index (χ2v) is 8.87. The lowest BCUT2D eigenvalue weighted by Crippen LogP contribution is -2.48. The first-order chi connectivity index (χ1) is 14.0. The number of hydrogen-bond donors (Lipinski definition) is 1. The number of piperidine rings is 1. The third-order valence-electron chi connectivity index (χ3n) is 5.20. The Kier molecular flexibility index (Phi) is 6.14. The van der Waals surface area contributed by atoms with E-state index >= 15 is 0 Å². The average molecular weight is 415 g/mol. The highest BCUT2D eigenvalue weighted by Crippen LogP contribution is 2.24. The van der Waals surface area contributed by atoms with Gasteiger partial charge in [0.05, 0.1) is 11.1 Å². The maximum atomic E-state index is 12.5. The molecule has 1 fully saturated rings. The van der Waals surface area contributed by atoms with Crippen LogP contribution in [0.4, 0.5) is 4.79 Å². The van der Waals surface area contributed by atoms with E-state index < -0.39 is 5.60 Å². The summed E-state index contributed by atoms with van der Waals surface area (Å²) in [5.41, 5.74) is 1.16. The van der Waals surface area contributed by atoms with Gasteiger partial charge >= 0.3 is 6.09 Å². The summed E-state index contributed by atoms with van der Waals surface area (Å²) in [6.07, 6.45) is 0.985. The van der Waals surface area contributed by atoms with Crippen molar-refractivity contribution < 1.29 is 23.9 Å². The number of amides is 4. The molecule has 2 aliphatic heterocycles. The molecule has 2 heterocycles. The molecule has 1 N–H and O–H groups in total. The van der Waals surface area contributed by atoms with Gasteiger partial charge in [0.2, 0.25) is 5.91 Å². The number of aryl methyl sites for hydroxylation is 1. The van der Waals surface area contributed by atoms with Crippen molar-refractivity contribution in [3.63, 3.8) is 0 Å². The van der Waals surface area contributed by atoms with Gasteiger partial charge in [-0.15, -0.1) is 0 Å². The van der Waals surface area contributed by atoms with Crippen molar-refractivity contribution in [2.75, 3.05) is 19.6 Å². The average Bonchev–Trinajstić information content (AvgIpc) is 2.89. The molecule has 1 aromatic carbocycles. The van der Waals surface area contributed by atoms with E-state index in [-0.39, 0.29) is 42.8 Å². The van der Waals surface area contributed by atoms with E-state index in [2.05, 4.69) is 5.32 Å². The minimum Gasteiger partial charge on any atom is -0.444 e.